The van der Waals surface area contributed by atoms with Crippen LogP contribution >= 0.6 is 0 Å². The second-order valence-electron chi connectivity index (χ2n) is 5.25. The smallest absolute Gasteiger partial charge is 0.254 e. The fraction of sp³-hybridized carbons (Fsp3) is 0.357. The Morgan fingerprint density at radius 1 is 1.44 bits per heavy atom. The largest absolute Gasteiger partial charge is 0.388 e. The minimum absolute atomic E-state index is 0.00993. The van der Waals surface area contributed by atoms with Crippen LogP contribution in [-0.2, 0) is 0 Å². The second-order valence-corrected chi connectivity index (χ2v) is 5.25. The maximum Gasteiger partial charge on any atom is 0.254 e. The number of rotatable bonds is 1. The first kappa shape index (κ1) is 11.3. The first-order chi connectivity index (χ1) is 8.55. The number of nitrogens with one attached hydrogen (secondary N) is 1. The Bertz CT molecular complexity index is 601. The number of amides is 1. The average Bonchev–Trinajstić information content (AvgIpc) is 2.93. The molecule has 4 heteroatoms. The Kier molecular flexibility index (Phi) is 2.41. The highest BCUT2D eigenvalue weighted by atomic mass is 16.3. The fourth-order valence-electron chi connectivity index (χ4n) is 2.48. The zero-order chi connectivity index (χ0) is 12.8. The predicted octanol–water partition coefficient (Wildman–Crippen LogP) is 1.76. The molecule has 2 aromatic rings. The number of fused-ring (bicyclic) bond motifs is 1. The minimum atomic E-state index is -0.744. The van der Waals surface area contributed by atoms with Gasteiger partial charge in [-0.3, -0.25) is 4.79 Å². The Morgan fingerprint density at radius 2 is 2.28 bits per heavy atom. The first-order valence-electron chi connectivity index (χ1n) is 6.14. The predicted molar refractivity (Wildman–Crippen MR) is 69.4 cm³/mol. The van der Waals surface area contributed by atoms with Gasteiger partial charge < -0.3 is 15.0 Å². The Balaban J connectivity index is 1.88. The van der Waals surface area contributed by atoms with Crippen molar-refractivity contribution in [3.63, 3.8) is 0 Å². The molecule has 0 spiro atoms. The molecule has 0 saturated carbocycles. The first-order valence-corrected chi connectivity index (χ1v) is 6.14. The third-order valence-electron chi connectivity index (χ3n) is 3.54. The molecule has 18 heavy (non-hydrogen) atoms. The molecule has 2 N–H and O–H groups in total. The van der Waals surface area contributed by atoms with Gasteiger partial charge in [-0.1, -0.05) is 6.07 Å². The van der Waals surface area contributed by atoms with Crippen LogP contribution in [0.25, 0.3) is 10.9 Å². The van der Waals surface area contributed by atoms with Gasteiger partial charge in [0.25, 0.3) is 5.91 Å². The lowest BCUT2D eigenvalue weighted by atomic mass is 10.1. The molecular formula is C14H16N2O2. The lowest BCUT2D eigenvalue weighted by molar-refractivity contribution is 0.0572. The molecular weight excluding hydrogens is 228 g/mol. The fourth-order valence-corrected chi connectivity index (χ4v) is 2.48. The summed E-state index contributed by atoms with van der Waals surface area (Å²) in [6.45, 7) is 2.80. The summed E-state index contributed by atoms with van der Waals surface area (Å²) in [7, 11) is 0. The highest BCUT2D eigenvalue weighted by Crippen LogP contribution is 2.23. The lowest BCUT2D eigenvalue weighted by Gasteiger charge is -2.19. The zero-order valence-electron chi connectivity index (χ0n) is 10.3. The van der Waals surface area contributed by atoms with E-state index in [2.05, 4.69) is 4.98 Å². The second kappa shape index (κ2) is 3.85. The SMILES string of the molecule is CC1(O)CCN(C(=O)c2ccc3cc[nH]c3c2)C1. The number of likely N-dealkylation sites (tertiary alicyclic amines) is 1. The monoisotopic (exact) mass is 244 g/mol. The van der Waals surface area contributed by atoms with Gasteiger partial charge >= 0.3 is 0 Å². The summed E-state index contributed by atoms with van der Waals surface area (Å²) in [4.78, 5) is 17.1. The minimum Gasteiger partial charge on any atom is -0.388 e. The van der Waals surface area contributed by atoms with Crippen LogP contribution in [0, 0.1) is 0 Å². The van der Waals surface area contributed by atoms with Crippen molar-refractivity contribution in [3.8, 4) is 0 Å². The van der Waals surface area contributed by atoms with Crippen LogP contribution < -0.4 is 0 Å². The molecule has 0 radical (unpaired) electrons. The maximum atomic E-state index is 12.3. The maximum absolute atomic E-state index is 12.3. The van der Waals surface area contributed by atoms with E-state index in [0.717, 1.165) is 10.9 Å². The van der Waals surface area contributed by atoms with Gasteiger partial charge in [-0.25, -0.2) is 0 Å². The number of carbonyl (C=O) groups is 1. The quantitative estimate of drug-likeness (QED) is 0.803. The van der Waals surface area contributed by atoms with Crippen LogP contribution in [0.4, 0.5) is 0 Å². The molecule has 1 fully saturated rings. The van der Waals surface area contributed by atoms with Crippen molar-refractivity contribution >= 4 is 16.8 Å². The van der Waals surface area contributed by atoms with Crippen molar-refractivity contribution in [2.45, 2.75) is 18.9 Å². The summed E-state index contributed by atoms with van der Waals surface area (Å²) >= 11 is 0. The topological polar surface area (TPSA) is 56.3 Å². The van der Waals surface area contributed by atoms with E-state index in [-0.39, 0.29) is 5.91 Å². The van der Waals surface area contributed by atoms with Crippen molar-refractivity contribution in [3.05, 3.63) is 36.0 Å². The number of hydrogen-bond acceptors (Lipinski definition) is 2. The number of hydrogen-bond donors (Lipinski definition) is 2. The Labute approximate surface area is 105 Å². The molecule has 1 aliphatic heterocycles. The molecule has 1 aromatic carbocycles. The van der Waals surface area contributed by atoms with Gasteiger partial charge in [-0.05, 0) is 36.9 Å². The number of carbonyl (C=O) groups excluding carboxylic acids is 1. The average molecular weight is 244 g/mol. The molecule has 1 amide bonds. The van der Waals surface area contributed by atoms with Crippen LogP contribution in [0.2, 0.25) is 0 Å². The summed E-state index contributed by atoms with van der Waals surface area (Å²) < 4.78 is 0. The van der Waals surface area contributed by atoms with Crippen molar-refractivity contribution in [2.75, 3.05) is 13.1 Å². The molecule has 0 bridgehead atoms. The van der Waals surface area contributed by atoms with Gasteiger partial charge in [0, 0.05) is 30.4 Å². The molecule has 1 atom stereocenters. The number of aromatic nitrogens is 1. The normalized spacial score (nSPS) is 23.8. The van der Waals surface area contributed by atoms with E-state index in [9.17, 15) is 9.90 Å². The standard InChI is InChI=1S/C14H16N2O2/c1-14(18)5-7-16(9-14)13(17)11-3-2-10-4-6-15-12(10)8-11/h2-4,6,8,15,18H,5,7,9H2,1H3. The van der Waals surface area contributed by atoms with Crippen LogP contribution in [0.1, 0.15) is 23.7 Å². The summed E-state index contributed by atoms with van der Waals surface area (Å²) in [5.41, 5.74) is 0.890. The summed E-state index contributed by atoms with van der Waals surface area (Å²) in [6.07, 6.45) is 2.50. The Morgan fingerprint density at radius 3 is 3.00 bits per heavy atom. The van der Waals surface area contributed by atoms with Gasteiger partial charge in [-0.2, -0.15) is 0 Å². The zero-order valence-corrected chi connectivity index (χ0v) is 10.3. The molecule has 4 nitrogen and oxygen atoms in total. The van der Waals surface area contributed by atoms with Gasteiger partial charge in [0.2, 0.25) is 0 Å². The van der Waals surface area contributed by atoms with E-state index < -0.39 is 5.60 Å². The van der Waals surface area contributed by atoms with Gasteiger partial charge in [-0.15, -0.1) is 0 Å². The number of β-amino-alcohol motifs (C(OH)–C–C–N with tert-alkyl or cyclic N) is 1. The van der Waals surface area contributed by atoms with Crippen molar-refractivity contribution in [1.29, 1.82) is 0 Å². The molecule has 3 rings (SSSR count). The van der Waals surface area contributed by atoms with Crippen LogP contribution in [-0.4, -0.2) is 39.6 Å². The number of nitrogens with zero attached hydrogens (tertiary/aromatic N) is 1. The van der Waals surface area contributed by atoms with E-state index in [0.29, 0.717) is 25.1 Å². The van der Waals surface area contributed by atoms with Gasteiger partial charge in [0.15, 0.2) is 0 Å². The van der Waals surface area contributed by atoms with Crippen LogP contribution in [0.5, 0.6) is 0 Å². The van der Waals surface area contributed by atoms with Crippen LogP contribution in [0.15, 0.2) is 30.5 Å². The number of aliphatic hydroxyl groups is 1. The molecule has 2 heterocycles. The third-order valence-corrected chi connectivity index (χ3v) is 3.54. The van der Waals surface area contributed by atoms with Gasteiger partial charge in [0.1, 0.15) is 0 Å². The summed E-state index contributed by atoms with van der Waals surface area (Å²) in [5, 5.41) is 11.0. The van der Waals surface area contributed by atoms with E-state index in [1.54, 1.807) is 11.8 Å². The molecule has 1 unspecified atom stereocenters. The number of aromatic amines is 1. The van der Waals surface area contributed by atoms with Gasteiger partial charge in [0.05, 0.1) is 5.60 Å². The van der Waals surface area contributed by atoms with E-state index >= 15 is 0 Å². The molecule has 0 aliphatic carbocycles. The third kappa shape index (κ3) is 1.88. The van der Waals surface area contributed by atoms with Crippen molar-refractivity contribution < 1.29 is 9.90 Å². The van der Waals surface area contributed by atoms with E-state index in [1.165, 1.54) is 0 Å². The number of benzene rings is 1. The number of H-pyrrole nitrogens is 1. The van der Waals surface area contributed by atoms with Crippen molar-refractivity contribution in [2.24, 2.45) is 0 Å². The van der Waals surface area contributed by atoms with E-state index in [1.807, 2.05) is 30.5 Å². The van der Waals surface area contributed by atoms with Crippen LogP contribution in [0.3, 0.4) is 0 Å². The highest BCUT2D eigenvalue weighted by molar-refractivity contribution is 5.98. The summed E-state index contributed by atoms with van der Waals surface area (Å²) in [6, 6.07) is 7.62. The molecule has 94 valence electrons. The van der Waals surface area contributed by atoms with Crippen molar-refractivity contribution in [1.82, 2.24) is 9.88 Å². The molecule has 1 saturated heterocycles. The Hall–Kier alpha value is -1.81. The lowest BCUT2D eigenvalue weighted by Crippen LogP contribution is -2.33. The molecule has 1 aromatic heterocycles. The molecule has 1 aliphatic rings. The van der Waals surface area contributed by atoms with E-state index in [4.69, 9.17) is 0 Å². The highest BCUT2D eigenvalue weighted by Gasteiger charge is 2.34. The summed E-state index contributed by atoms with van der Waals surface area (Å²) in [5.74, 6) is -0.00993.